The van der Waals surface area contributed by atoms with Gasteiger partial charge in [0.25, 0.3) is 5.91 Å². The monoisotopic (exact) mass is 306 g/mol. The molecule has 2 heterocycles. The molecule has 2 aromatic heterocycles. The molecule has 0 unspecified atom stereocenters. The molecule has 0 atom stereocenters. The first-order valence-electron chi connectivity index (χ1n) is 6.59. The average Bonchev–Trinajstić information content (AvgIpc) is 3.12. The maximum Gasteiger partial charge on any atom is 0.257 e. The summed E-state index contributed by atoms with van der Waals surface area (Å²) >= 11 is 7.84. The summed E-state index contributed by atoms with van der Waals surface area (Å²) in [4.78, 5) is 18.8. The smallest absolute Gasteiger partial charge is 0.257 e. The highest BCUT2D eigenvalue weighted by Crippen LogP contribution is 2.31. The number of pyridine rings is 1. The summed E-state index contributed by atoms with van der Waals surface area (Å²) in [5.74, 6) is -0.0174. The Morgan fingerprint density at radius 3 is 2.95 bits per heavy atom. The van der Waals surface area contributed by atoms with Gasteiger partial charge in [-0.1, -0.05) is 11.6 Å². The molecule has 0 aromatic carbocycles. The SMILES string of the molecule is Cc1cc(Cl)c(C(=O)N(Cc2ccsc2)C2CC2)cn1. The van der Waals surface area contributed by atoms with Crippen molar-refractivity contribution in [3.05, 3.63) is 50.9 Å². The number of hydrogen-bond donors (Lipinski definition) is 0. The van der Waals surface area contributed by atoms with E-state index in [-0.39, 0.29) is 5.91 Å². The Kier molecular flexibility index (Phi) is 3.76. The van der Waals surface area contributed by atoms with E-state index in [9.17, 15) is 4.79 Å². The van der Waals surface area contributed by atoms with Crippen molar-refractivity contribution in [2.45, 2.75) is 32.4 Å². The van der Waals surface area contributed by atoms with Crippen LogP contribution < -0.4 is 0 Å². The highest BCUT2D eigenvalue weighted by Gasteiger charge is 2.33. The van der Waals surface area contributed by atoms with Crippen LogP contribution in [0.15, 0.2) is 29.1 Å². The van der Waals surface area contributed by atoms with Crippen LogP contribution in [0.2, 0.25) is 5.02 Å². The van der Waals surface area contributed by atoms with Crippen molar-refractivity contribution in [3.8, 4) is 0 Å². The molecule has 0 bridgehead atoms. The van der Waals surface area contributed by atoms with Gasteiger partial charge in [0.15, 0.2) is 0 Å². The second-order valence-electron chi connectivity index (χ2n) is 5.10. The quantitative estimate of drug-likeness (QED) is 0.858. The molecule has 1 aliphatic carbocycles. The van der Waals surface area contributed by atoms with Gasteiger partial charge in [0, 0.05) is 24.5 Å². The number of carbonyl (C=O) groups excluding carboxylic acids is 1. The average molecular weight is 307 g/mol. The summed E-state index contributed by atoms with van der Waals surface area (Å²) in [6, 6.07) is 4.15. The molecule has 1 saturated carbocycles. The molecule has 0 spiro atoms. The molecule has 0 aliphatic heterocycles. The van der Waals surface area contributed by atoms with Crippen molar-refractivity contribution in [3.63, 3.8) is 0 Å². The number of aryl methyl sites for hydroxylation is 1. The van der Waals surface area contributed by atoms with Gasteiger partial charge in [0.2, 0.25) is 0 Å². The van der Waals surface area contributed by atoms with Gasteiger partial charge in [0.1, 0.15) is 0 Å². The predicted octanol–water partition coefficient (Wildman–Crippen LogP) is 3.91. The lowest BCUT2D eigenvalue weighted by atomic mass is 10.2. The molecule has 2 aromatic rings. The fourth-order valence-electron chi connectivity index (χ4n) is 2.17. The number of amides is 1. The summed E-state index contributed by atoms with van der Waals surface area (Å²) < 4.78 is 0. The molecule has 104 valence electrons. The number of aromatic nitrogens is 1. The molecule has 20 heavy (non-hydrogen) atoms. The fraction of sp³-hybridized carbons (Fsp3) is 0.333. The first-order chi connectivity index (χ1) is 9.65. The predicted molar refractivity (Wildman–Crippen MR) is 81.2 cm³/mol. The molecule has 1 aliphatic rings. The van der Waals surface area contributed by atoms with Gasteiger partial charge in [-0.05, 0) is 48.2 Å². The molecule has 0 saturated heterocycles. The molecule has 1 amide bonds. The van der Waals surface area contributed by atoms with Crippen LogP contribution in [0, 0.1) is 6.92 Å². The molecule has 0 N–H and O–H groups in total. The van der Waals surface area contributed by atoms with Crippen LogP contribution in [-0.4, -0.2) is 21.8 Å². The van der Waals surface area contributed by atoms with Crippen molar-refractivity contribution in [1.82, 2.24) is 9.88 Å². The molecular formula is C15H15ClN2OS. The largest absolute Gasteiger partial charge is 0.331 e. The highest BCUT2D eigenvalue weighted by atomic mass is 35.5. The van der Waals surface area contributed by atoms with E-state index in [0.717, 1.165) is 18.5 Å². The Morgan fingerprint density at radius 1 is 1.55 bits per heavy atom. The number of hydrogen-bond acceptors (Lipinski definition) is 3. The number of halogens is 1. The lowest BCUT2D eigenvalue weighted by Gasteiger charge is -2.22. The molecule has 3 nitrogen and oxygen atoms in total. The number of thiophene rings is 1. The zero-order chi connectivity index (χ0) is 14.1. The van der Waals surface area contributed by atoms with E-state index < -0.39 is 0 Å². The second-order valence-corrected chi connectivity index (χ2v) is 6.29. The third-order valence-corrected chi connectivity index (χ3v) is 4.45. The first kappa shape index (κ1) is 13.6. The van der Waals surface area contributed by atoms with Crippen LogP contribution in [0.25, 0.3) is 0 Å². The fourth-order valence-corrected chi connectivity index (χ4v) is 3.12. The van der Waals surface area contributed by atoms with Crippen molar-refractivity contribution in [2.24, 2.45) is 0 Å². The minimum Gasteiger partial charge on any atom is -0.331 e. The summed E-state index contributed by atoms with van der Waals surface area (Å²) in [6.07, 6.45) is 3.74. The van der Waals surface area contributed by atoms with E-state index in [0.29, 0.717) is 23.2 Å². The third kappa shape index (κ3) is 2.86. The first-order valence-corrected chi connectivity index (χ1v) is 7.91. The second kappa shape index (κ2) is 5.54. The van der Waals surface area contributed by atoms with Crippen molar-refractivity contribution in [2.75, 3.05) is 0 Å². The van der Waals surface area contributed by atoms with E-state index in [2.05, 4.69) is 16.4 Å². The Balaban J connectivity index is 1.85. The van der Waals surface area contributed by atoms with Crippen molar-refractivity contribution in [1.29, 1.82) is 0 Å². The van der Waals surface area contributed by atoms with Crippen molar-refractivity contribution >= 4 is 28.8 Å². The van der Waals surface area contributed by atoms with E-state index in [4.69, 9.17) is 11.6 Å². The van der Waals surface area contributed by atoms with Crippen LogP contribution >= 0.6 is 22.9 Å². The van der Waals surface area contributed by atoms with Crippen LogP contribution in [0.1, 0.15) is 34.5 Å². The maximum absolute atomic E-state index is 12.7. The van der Waals surface area contributed by atoms with E-state index in [1.807, 2.05) is 17.2 Å². The number of rotatable bonds is 4. The summed E-state index contributed by atoms with van der Waals surface area (Å²) in [5.41, 5.74) is 2.49. The lowest BCUT2D eigenvalue weighted by molar-refractivity contribution is 0.0730. The van der Waals surface area contributed by atoms with Gasteiger partial charge < -0.3 is 4.90 Å². The van der Waals surface area contributed by atoms with Gasteiger partial charge >= 0.3 is 0 Å². The van der Waals surface area contributed by atoms with Gasteiger partial charge in [0.05, 0.1) is 10.6 Å². The van der Waals surface area contributed by atoms with Crippen LogP contribution in [-0.2, 0) is 6.54 Å². The molecule has 0 radical (unpaired) electrons. The summed E-state index contributed by atoms with van der Waals surface area (Å²) in [5, 5.41) is 4.60. The minimum absolute atomic E-state index is 0.0174. The van der Waals surface area contributed by atoms with E-state index in [1.165, 1.54) is 5.56 Å². The normalized spacial score (nSPS) is 14.3. The maximum atomic E-state index is 12.7. The van der Waals surface area contributed by atoms with Crippen LogP contribution in [0.4, 0.5) is 0 Å². The Bertz CT molecular complexity index is 623. The van der Waals surface area contributed by atoms with E-state index >= 15 is 0 Å². The van der Waals surface area contributed by atoms with Gasteiger partial charge in [-0.2, -0.15) is 11.3 Å². The third-order valence-electron chi connectivity index (χ3n) is 3.40. The number of nitrogens with zero attached hydrogens (tertiary/aromatic N) is 2. The van der Waals surface area contributed by atoms with Gasteiger partial charge in [-0.25, -0.2) is 0 Å². The summed E-state index contributed by atoms with van der Waals surface area (Å²) in [7, 11) is 0. The number of carbonyl (C=O) groups is 1. The lowest BCUT2D eigenvalue weighted by Crippen LogP contribution is -2.32. The van der Waals surface area contributed by atoms with Gasteiger partial charge in [-0.15, -0.1) is 0 Å². The van der Waals surface area contributed by atoms with E-state index in [1.54, 1.807) is 23.6 Å². The standard InChI is InChI=1S/C15H15ClN2OS/c1-10-6-14(16)13(7-17-10)15(19)18(12-2-3-12)8-11-4-5-20-9-11/h4-7,9,12H,2-3,8H2,1H3. The Morgan fingerprint density at radius 2 is 2.35 bits per heavy atom. The Hall–Kier alpha value is -1.39. The zero-order valence-electron chi connectivity index (χ0n) is 11.2. The Labute approximate surface area is 127 Å². The van der Waals surface area contributed by atoms with Crippen LogP contribution in [0.3, 0.4) is 0 Å². The molecule has 3 rings (SSSR count). The topological polar surface area (TPSA) is 33.2 Å². The molecule has 5 heteroatoms. The minimum atomic E-state index is -0.0174. The van der Waals surface area contributed by atoms with Crippen molar-refractivity contribution < 1.29 is 4.79 Å². The summed E-state index contributed by atoms with van der Waals surface area (Å²) in [6.45, 7) is 2.52. The van der Waals surface area contributed by atoms with Gasteiger partial charge in [-0.3, -0.25) is 9.78 Å². The zero-order valence-corrected chi connectivity index (χ0v) is 12.7. The molecular weight excluding hydrogens is 292 g/mol. The molecule has 1 fully saturated rings. The highest BCUT2D eigenvalue weighted by molar-refractivity contribution is 7.07. The van der Waals surface area contributed by atoms with Crippen LogP contribution in [0.5, 0.6) is 0 Å².